The highest BCUT2D eigenvalue weighted by Gasteiger charge is 2.21. The van der Waals surface area contributed by atoms with Crippen LogP contribution in [0.5, 0.6) is 0 Å². The number of carbonyl (C=O) groups excluding carboxylic acids is 1. The number of nitrogens with one attached hydrogen (secondary N) is 1. The van der Waals surface area contributed by atoms with E-state index in [4.69, 9.17) is 5.21 Å². The number of rotatable bonds is 3. The molecule has 0 aliphatic carbocycles. The lowest BCUT2D eigenvalue weighted by Gasteiger charge is -2.07. The van der Waals surface area contributed by atoms with Crippen LogP contribution in [0.15, 0.2) is 0 Å². The molecule has 0 aromatic carbocycles. The van der Waals surface area contributed by atoms with E-state index < -0.39 is 18.3 Å². The van der Waals surface area contributed by atoms with Gasteiger partial charge in [0, 0.05) is 12.8 Å². The van der Waals surface area contributed by atoms with E-state index in [0.717, 1.165) is 6.92 Å². The van der Waals surface area contributed by atoms with Crippen molar-refractivity contribution in [2.75, 3.05) is 0 Å². The first-order valence-electron chi connectivity index (χ1n) is 2.76. The van der Waals surface area contributed by atoms with Gasteiger partial charge in [-0.05, 0) is 6.92 Å². The number of hydrogen-bond acceptors (Lipinski definition) is 2. The van der Waals surface area contributed by atoms with Gasteiger partial charge in [0.1, 0.15) is 0 Å². The lowest BCUT2D eigenvalue weighted by atomic mass is 10.2. The molecular weight excluding hydrogens is 144 g/mol. The molecule has 0 saturated carbocycles. The molecule has 0 rings (SSSR count). The summed E-state index contributed by atoms with van der Waals surface area (Å²) in [6, 6.07) is 0. The fraction of sp³-hybridized carbons (Fsp3) is 0.800. The molecule has 5 heteroatoms. The number of hydrogen-bond donors (Lipinski definition) is 2. The first-order chi connectivity index (χ1) is 4.45. The quantitative estimate of drug-likeness (QED) is 0.468. The van der Waals surface area contributed by atoms with Crippen LogP contribution in [0.1, 0.15) is 19.8 Å². The molecule has 1 amide bonds. The molecule has 0 spiro atoms. The van der Waals surface area contributed by atoms with Gasteiger partial charge in [-0.3, -0.25) is 10.0 Å². The predicted octanol–water partition coefficient (Wildman–Crippen LogP) is 0.927. The lowest BCUT2D eigenvalue weighted by Crippen LogP contribution is -2.21. The molecule has 0 atom stereocenters. The molecule has 0 aromatic rings. The Hall–Kier alpha value is -0.710. The van der Waals surface area contributed by atoms with Crippen LogP contribution in [0.2, 0.25) is 0 Å². The van der Waals surface area contributed by atoms with Gasteiger partial charge in [0.05, 0.1) is 0 Å². The lowest BCUT2D eigenvalue weighted by molar-refractivity contribution is -0.131. The van der Waals surface area contributed by atoms with Gasteiger partial charge in [0.25, 0.3) is 0 Å². The summed E-state index contributed by atoms with van der Waals surface area (Å²) in [5.74, 6) is -3.63. The zero-order chi connectivity index (χ0) is 8.20. The highest BCUT2D eigenvalue weighted by atomic mass is 19.3. The number of halogens is 2. The Morgan fingerprint density at radius 2 is 2.20 bits per heavy atom. The van der Waals surface area contributed by atoms with E-state index in [2.05, 4.69) is 0 Å². The third-order valence-corrected chi connectivity index (χ3v) is 0.916. The van der Waals surface area contributed by atoms with Crippen LogP contribution in [0.4, 0.5) is 8.78 Å². The van der Waals surface area contributed by atoms with Crippen molar-refractivity contribution in [2.45, 2.75) is 25.7 Å². The van der Waals surface area contributed by atoms with Crippen molar-refractivity contribution in [1.82, 2.24) is 5.48 Å². The van der Waals surface area contributed by atoms with Crippen LogP contribution in [0.25, 0.3) is 0 Å². The monoisotopic (exact) mass is 153 g/mol. The maximum atomic E-state index is 12.0. The standard InChI is InChI=1S/C5H9F2NO2/c1-5(6,7)3-2-4(9)8-10/h10H,2-3H2,1H3,(H,8,9). The first kappa shape index (κ1) is 9.29. The van der Waals surface area contributed by atoms with Gasteiger partial charge in [-0.25, -0.2) is 14.3 Å². The van der Waals surface area contributed by atoms with Gasteiger partial charge in [0.15, 0.2) is 0 Å². The third kappa shape index (κ3) is 5.43. The van der Waals surface area contributed by atoms with Gasteiger partial charge < -0.3 is 0 Å². The largest absolute Gasteiger partial charge is 0.289 e. The molecule has 0 saturated heterocycles. The van der Waals surface area contributed by atoms with Crippen molar-refractivity contribution >= 4 is 5.91 Å². The minimum Gasteiger partial charge on any atom is -0.289 e. The molecule has 10 heavy (non-hydrogen) atoms. The minimum absolute atomic E-state index is 0.361. The average Bonchev–Trinajstić information content (AvgIpc) is 1.81. The van der Waals surface area contributed by atoms with Crippen LogP contribution >= 0.6 is 0 Å². The van der Waals surface area contributed by atoms with Crippen LogP contribution in [-0.2, 0) is 4.79 Å². The molecule has 0 fully saturated rings. The van der Waals surface area contributed by atoms with E-state index in [1.807, 2.05) is 0 Å². The summed E-state index contributed by atoms with van der Waals surface area (Å²) < 4.78 is 23.9. The second-order valence-electron chi connectivity index (χ2n) is 2.11. The molecule has 0 heterocycles. The summed E-state index contributed by atoms with van der Waals surface area (Å²) in [6.07, 6.45) is -0.903. The van der Waals surface area contributed by atoms with Crippen molar-refractivity contribution in [3.8, 4) is 0 Å². The molecule has 2 N–H and O–H groups in total. The molecule has 60 valence electrons. The fourth-order valence-electron chi connectivity index (χ4n) is 0.389. The second kappa shape index (κ2) is 3.46. The van der Waals surface area contributed by atoms with Crippen molar-refractivity contribution in [3.63, 3.8) is 0 Å². The summed E-state index contributed by atoms with van der Waals surface area (Å²) in [5.41, 5.74) is 1.27. The van der Waals surface area contributed by atoms with Crippen LogP contribution in [0, 0.1) is 0 Å². The van der Waals surface area contributed by atoms with E-state index in [1.54, 1.807) is 0 Å². The maximum absolute atomic E-state index is 12.0. The van der Waals surface area contributed by atoms with Crippen molar-refractivity contribution in [3.05, 3.63) is 0 Å². The van der Waals surface area contributed by atoms with Crippen molar-refractivity contribution in [2.24, 2.45) is 0 Å². The average molecular weight is 153 g/mol. The Labute approximate surface area is 57.0 Å². The SMILES string of the molecule is CC(F)(F)CCC(=O)NO. The topological polar surface area (TPSA) is 49.3 Å². The highest BCUT2D eigenvalue weighted by Crippen LogP contribution is 2.17. The fourth-order valence-corrected chi connectivity index (χ4v) is 0.389. The minimum atomic E-state index is -2.84. The molecule has 0 aliphatic heterocycles. The Morgan fingerprint density at radius 3 is 2.50 bits per heavy atom. The van der Waals surface area contributed by atoms with Gasteiger partial charge in [-0.15, -0.1) is 0 Å². The molecular formula is C5H9F2NO2. The molecule has 0 unspecified atom stereocenters. The van der Waals surface area contributed by atoms with E-state index in [0.29, 0.717) is 0 Å². The van der Waals surface area contributed by atoms with Crippen molar-refractivity contribution in [1.29, 1.82) is 0 Å². The zero-order valence-corrected chi connectivity index (χ0v) is 5.53. The van der Waals surface area contributed by atoms with Crippen LogP contribution in [0.3, 0.4) is 0 Å². The van der Waals surface area contributed by atoms with E-state index in [-0.39, 0.29) is 6.42 Å². The Morgan fingerprint density at radius 1 is 1.70 bits per heavy atom. The van der Waals surface area contributed by atoms with Gasteiger partial charge in [-0.2, -0.15) is 0 Å². The highest BCUT2D eigenvalue weighted by molar-refractivity contribution is 5.74. The van der Waals surface area contributed by atoms with E-state index in [9.17, 15) is 13.6 Å². The molecule has 0 aliphatic rings. The maximum Gasteiger partial charge on any atom is 0.245 e. The third-order valence-electron chi connectivity index (χ3n) is 0.916. The van der Waals surface area contributed by atoms with Crippen LogP contribution < -0.4 is 5.48 Å². The second-order valence-corrected chi connectivity index (χ2v) is 2.11. The number of carbonyl (C=O) groups is 1. The van der Waals surface area contributed by atoms with Gasteiger partial charge in [0.2, 0.25) is 11.8 Å². The molecule has 3 nitrogen and oxygen atoms in total. The van der Waals surface area contributed by atoms with Crippen LogP contribution in [-0.4, -0.2) is 17.0 Å². The summed E-state index contributed by atoms with van der Waals surface area (Å²) >= 11 is 0. The number of alkyl halides is 2. The molecule has 0 bridgehead atoms. The number of hydroxylamine groups is 1. The predicted molar refractivity (Wildman–Crippen MR) is 29.8 cm³/mol. The summed E-state index contributed by atoms with van der Waals surface area (Å²) in [4.78, 5) is 10.2. The van der Waals surface area contributed by atoms with E-state index in [1.165, 1.54) is 5.48 Å². The summed E-state index contributed by atoms with van der Waals surface area (Å²) in [7, 11) is 0. The number of amides is 1. The van der Waals surface area contributed by atoms with Gasteiger partial charge in [-0.1, -0.05) is 0 Å². The zero-order valence-electron chi connectivity index (χ0n) is 5.53. The normalized spacial score (nSPS) is 11.2. The Balaban J connectivity index is 3.46. The Kier molecular flexibility index (Phi) is 3.21. The summed E-state index contributed by atoms with van der Waals surface area (Å²) in [5, 5.41) is 7.89. The first-order valence-corrected chi connectivity index (χ1v) is 2.76. The van der Waals surface area contributed by atoms with Gasteiger partial charge >= 0.3 is 0 Å². The van der Waals surface area contributed by atoms with E-state index >= 15 is 0 Å². The smallest absolute Gasteiger partial charge is 0.245 e. The van der Waals surface area contributed by atoms with Crippen molar-refractivity contribution < 1.29 is 18.8 Å². The Bertz CT molecular complexity index is 121. The summed E-state index contributed by atoms with van der Waals surface area (Å²) in [6.45, 7) is 0.720. The molecule has 0 radical (unpaired) electrons. The molecule has 0 aromatic heterocycles.